The van der Waals surface area contributed by atoms with Gasteiger partial charge in [0.1, 0.15) is 5.82 Å². The zero-order chi connectivity index (χ0) is 16.2. The molecule has 3 rings (SSSR count). The number of halogens is 2. The summed E-state index contributed by atoms with van der Waals surface area (Å²) >= 11 is 12.0. The number of nitrogens with one attached hydrogen (secondary N) is 2. The van der Waals surface area contributed by atoms with Crippen LogP contribution in [0.25, 0.3) is 0 Å². The standard InChI is InChI=1S/C17H17Cl2N3O/c18-12-6-7-14(19)15(9-12)22-17(23)11-5-8-16(20-10-11)21-13-3-1-2-4-13/h5-10,13H,1-4H2,(H,20,21)(H,22,23). The fraction of sp³-hybridized carbons (Fsp3) is 0.294. The molecule has 0 aliphatic heterocycles. The summed E-state index contributed by atoms with van der Waals surface area (Å²) in [5.41, 5.74) is 0.954. The van der Waals surface area contributed by atoms with E-state index in [1.165, 1.54) is 25.7 Å². The fourth-order valence-electron chi connectivity index (χ4n) is 2.68. The molecule has 0 radical (unpaired) electrons. The minimum Gasteiger partial charge on any atom is -0.367 e. The van der Waals surface area contributed by atoms with Gasteiger partial charge in [-0.05, 0) is 43.2 Å². The van der Waals surface area contributed by atoms with Crippen LogP contribution in [-0.4, -0.2) is 16.9 Å². The Kier molecular flexibility index (Phi) is 5.03. The maximum atomic E-state index is 12.3. The zero-order valence-electron chi connectivity index (χ0n) is 12.5. The first-order valence-corrected chi connectivity index (χ1v) is 8.36. The summed E-state index contributed by atoms with van der Waals surface area (Å²) in [6.07, 6.45) is 6.44. The number of nitrogens with zero attached hydrogens (tertiary/aromatic N) is 1. The van der Waals surface area contributed by atoms with E-state index < -0.39 is 0 Å². The van der Waals surface area contributed by atoms with Crippen LogP contribution >= 0.6 is 23.2 Å². The molecule has 0 bridgehead atoms. The summed E-state index contributed by atoms with van der Waals surface area (Å²) in [4.78, 5) is 16.6. The summed E-state index contributed by atoms with van der Waals surface area (Å²) in [6, 6.07) is 9.00. The maximum absolute atomic E-state index is 12.3. The summed E-state index contributed by atoms with van der Waals surface area (Å²) < 4.78 is 0. The molecule has 0 unspecified atom stereocenters. The highest BCUT2D eigenvalue weighted by Gasteiger charge is 2.15. The minimum absolute atomic E-state index is 0.269. The van der Waals surface area contributed by atoms with Crippen LogP contribution in [0.5, 0.6) is 0 Å². The molecule has 6 heteroatoms. The lowest BCUT2D eigenvalue weighted by Crippen LogP contribution is -2.16. The Morgan fingerprint density at radius 3 is 2.61 bits per heavy atom. The predicted molar refractivity (Wildman–Crippen MR) is 94.5 cm³/mol. The van der Waals surface area contributed by atoms with Crippen molar-refractivity contribution in [2.24, 2.45) is 0 Å². The highest BCUT2D eigenvalue weighted by Crippen LogP contribution is 2.26. The predicted octanol–water partition coefficient (Wildman–Crippen LogP) is 5.00. The van der Waals surface area contributed by atoms with Gasteiger partial charge in [0.15, 0.2) is 0 Å². The second kappa shape index (κ2) is 7.20. The van der Waals surface area contributed by atoms with Gasteiger partial charge < -0.3 is 10.6 Å². The third kappa shape index (κ3) is 4.15. The Morgan fingerprint density at radius 2 is 1.91 bits per heavy atom. The molecule has 23 heavy (non-hydrogen) atoms. The van der Waals surface area contributed by atoms with Gasteiger partial charge in [-0.3, -0.25) is 4.79 Å². The SMILES string of the molecule is O=C(Nc1cc(Cl)ccc1Cl)c1ccc(NC2CCCC2)nc1. The van der Waals surface area contributed by atoms with Crippen molar-refractivity contribution >= 4 is 40.6 Å². The molecule has 1 aliphatic rings. The topological polar surface area (TPSA) is 54.0 Å². The third-order valence-corrected chi connectivity index (χ3v) is 4.47. The molecule has 0 saturated heterocycles. The van der Waals surface area contributed by atoms with Crippen LogP contribution in [0.2, 0.25) is 10.0 Å². The van der Waals surface area contributed by atoms with Crippen molar-refractivity contribution < 1.29 is 4.79 Å². The molecule has 1 aromatic carbocycles. The number of rotatable bonds is 4. The number of anilines is 2. The molecule has 2 aromatic rings. The van der Waals surface area contributed by atoms with Crippen LogP contribution in [0.4, 0.5) is 11.5 Å². The van der Waals surface area contributed by atoms with E-state index in [1.807, 2.05) is 6.07 Å². The fourth-order valence-corrected chi connectivity index (χ4v) is 3.02. The van der Waals surface area contributed by atoms with Gasteiger partial charge in [0, 0.05) is 17.3 Å². The van der Waals surface area contributed by atoms with Gasteiger partial charge in [0.05, 0.1) is 16.3 Å². The van der Waals surface area contributed by atoms with Gasteiger partial charge in [-0.15, -0.1) is 0 Å². The first-order valence-electron chi connectivity index (χ1n) is 7.61. The molecule has 1 fully saturated rings. The van der Waals surface area contributed by atoms with Crippen molar-refractivity contribution in [3.8, 4) is 0 Å². The van der Waals surface area contributed by atoms with Gasteiger partial charge in [-0.1, -0.05) is 36.0 Å². The average Bonchev–Trinajstić information content (AvgIpc) is 3.04. The van der Waals surface area contributed by atoms with E-state index in [4.69, 9.17) is 23.2 Å². The monoisotopic (exact) mass is 349 g/mol. The Bertz CT molecular complexity index is 697. The maximum Gasteiger partial charge on any atom is 0.257 e. The van der Waals surface area contributed by atoms with Crippen LogP contribution in [-0.2, 0) is 0 Å². The van der Waals surface area contributed by atoms with Crippen LogP contribution in [0.3, 0.4) is 0 Å². The Balaban J connectivity index is 1.66. The van der Waals surface area contributed by atoms with Gasteiger partial charge >= 0.3 is 0 Å². The Labute approximate surface area is 145 Å². The number of hydrogen-bond acceptors (Lipinski definition) is 3. The Hall–Kier alpha value is -1.78. The third-order valence-electron chi connectivity index (χ3n) is 3.91. The van der Waals surface area contributed by atoms with Gasteiger partial charge in [0.25, 0.3) is 5.91 Å². The lowest BCUT2D eigenvalue weighted by atomic mass is 10.2. The van der Waals surface area contributed by atoms with Crippen molar-refractivity contribution in [3.05, 3.63) is 52.1 Å². The van der Waals surface area contributed by atoms with E-state index in [0.29, 0.717) is 27.3 Å². The van der Waals surface area contributed by atoms with Crippen LogP contribution < -0.4 is 10.6 Å². The first kappa shape index (κ1) is 16.1. The molecule has 0 atom stereocenters. The number of carbonyl (C=O) groups excluding carboxylic acids is 1. The van der Waals surface area contributed by atoms with Crippen molar-refractivity contribution in [1.82, 2.24) is 4.98 Å². The van der Waals surface area contributed by atoms with Crippen LogP contribution in [0, 0.1) is 0 Å². The normalized spacial score (nSPS) is 14.7. The summed E-state index contributed by atoms with van der Waals surface area (Å²) in [5.74, 6) is 0.531. The second-order valence-corrected chi connectivity index (χ2v) is 6.48. The number of benzene rings is 1. The molecule has 1 aromatic heterocycles. The van der Waals surface area contributed by atoms with Crippen molar-refractivity contribution in [1.29, 1.82) is 0 Å². The van der Waals surface area contributed by atoms with E-state index in [-0.39, 0.29) is 5.91 Å². The molecule has 1 heterocycles. The minimum atomic E-state index is -0.269. The van der Waals surface area contributed by atoms with Crippen molar-refractivity contribution in [3.63, 3.8) is 0 Å². The summed E-state index contributed by atoms with van der Waals surface area (Å²) in [7, 11) is 0. The molecule has 2 N–H and O–H groups in total. The molecule has 1 amide bonds. The van der Waals surface area contributed by atoms with E-state index in [2.05, 4.69) is 15.6 Å². The molecule has 4 nitrogen and oxygen atoms in total. The van der Waals surface area contributed by atoms with E-state index in [9.17, 15) is 4.79 Å². The molecule has 1 aliphatic carbocycles. The lowest BCUT2D eigenvalue weighted by molar-refractivity contribution is 0.102. The van der Waals surface area contributed by atoms with Gasteiger partial charge in [-0.25, -0.2) is 4.98 Å². The molecule has 0 spiro atoms. The highest BCUT2D eigenvalue weighted by molar-refractivity contribution is 6.35. The molecule has 1 saturated carbocycles. The van der Waals surface area contributed by atoms with Crippen LogP contribution in [0.1, 0.15) is 36.0 Å². The average molecular weight is 350 g/mol. The second-order valence-electron chi connectivity index (χ2n) is 5.64. The van der Waals surface area contributed by atoms with Gasteiger partial charge in [-0.2, -0.15) is 0 Å². The molecule has 120 valence electrons. The lowest BCUT2D eigenvalue weighted by Gasteiger charge is -2.13. The number of aromatic nitrogens is 1. The summed E-state index contributed by atoms with van der Waals surface area (Å²) in [6.45, 7) is 0. The van der Waals surface area contributed by atoms with Crippen molar-refractivity contribution in [2.75, 3.05) is 10.6 Å². The number of pyridine rings is 1. The molecular formula is C17H17Cl2N3O. The van der Waals surface area contributed by atoms with E-state index in [0.717, 1.165) is 5.82 Å². The first-order chi connectivity index (χ1) is 11.1. The number of amides is 1. The zero-order valence-corrected chi connectivity index (χ0v) is 14.0. The highest BCUT2D eigenvalue weighted by atomic mass is 35.5. The van der Waals surface area contributed by atoms with Crippen molar-refractivity contribution in [2.45, 2.75) is 31.7 Å². The number of carbonyl (C=O) groups is 1. The van der Waals surface area contributed by atoms with Crippen LogP contribution in [0.15, 0.2) is 36.5 Å². The smallest absolute Gasteiger partial charge is 0.257 e. The largest absolute Gasteiger partial charge is 0.367 e. The quantitative estimate of drug-likeness (QED) is 0.816. The molecular weight excluding hydrogens is 333 g/mol. The Morgan fingerprint density at radius 1 is 1.13 bits per heavy atom. The number of hydrogen-bond donors (Lipinski definition) is 2. The van der Waals surface area contributed by atoms with E-state index >= 15 is 0 Å². The van der Waals surface area contributed by atoms with E-state index in [1.54, 1.807) is 30.5 Å². The van der Waals surface area contributed by atoms with Gasteiger partial charge in [0.2, 0.25) is 0 Å². The summed E-state index contributed by atoms with van der Waals surface area (Å²) in [5, 5.41) is 7.09.